The zero-order valence-corrected chi connectivity index (χ0v) is 18.4. The molecule has 5 nitrogen and oxygen atoms in total. The fraction of sp³-hybridized carbons (Fsp3) is 0.364. The van der Waals surface area contributed by atoms with Crippen LogP contribution in [-0.4, -0.2) is 35.4 Å². The number of amides is 2. The molecule has 0 unspecified atom stereocenters. The molecule has 0 aliphatic heterocycles. The van der Waals surface area contributed by atoms with Crippen LogP contribution in [0.4, 0.5) is 4.39 Å². The molecule has 0 aliphatic rings. The van der Waals surface area contributed by atoms with Crippen LogP contribution in [0, 0.1) is 5.82 Å². The predicted octanol–water partition coefficient (Wildman–Crippen LogP) is 4.30. The maximum atomic E-state index is 13.2. The van der Waals surface area contributed by atoms with Gasteiger partial charge in [0, 0.05) is 17.1 Å². The Morgan fingerprint density at radius 1 is 1.10 bits per heavy atom. The van der Waals surface area contributed by atoms with Crippen LogP contribution in [-0.2, 0) is 16.1 Å². The van der Waals surface area contributed by atoms with Crippen molar-refractivity contribution in [3.05, 3.63) is 64.4 Å². The van der Waals surface area contributed by atoms with Gasteiger partial charge in [0.05, 0.1) is 0 Å². The summed E-state index contributed by atoms with van der Waals surface area (Å²) in [7, 11) is 0. The van der Waals surface area contributed by atoms with Crippen molar-refractivity contribution in [2.75, 3.05) is 6.61 Å². The van der Waals surface area contributed by atoms with Crippen molar-refractivity contribution in [3.8, 4) is 5.75 Å². The summed E-state index contributed by atoms with van der Waals surface area (Å²) in [6, 6.07) is 12.3. The zero-order valence-electron chi connectivity index (χ0n) is 16.8. The topological polar surface area (TPSA) is 58.6 Å². The number of halogens is 2. The van der Waals surface area contributed by atoms with Crippen molar-refractivity contribution in [1.82, 2.24) is 10.2 Å². The Kier molecular flexibility index (Phi) is 8.64. The van der Waals surface area contributed by atoms with Crippen LogP contribution >= 0.6 is 15.9 Å². The largest absolute Gasteiger partial charge is 0.484 e. The van der Waals surface area contributed by atoms with Gasteiger partial charge in [-0.2, -0.15) is 0 Å². The summed E-state index contributed by atoms with van der Waals surface area (Å²) in [5, 5.41) is 2.90. The molecular formula is C22H26BrFN2O3. The molecule has 2 amide bonds. The number of carbonyl (C=O) groups excluding carboxylic acids is 2. The Morgan fingerprint density at radius 3 is 2.31 bits per heavy atom. The highest BCUT2D eigenvalue weighted by Gasteiger charge is 2.27. The van der Waals surface area contributed by atoms with Crippen LogP contribution in [0.5, 0.6) is 5.75 Å². The van der Waals surface area contributed by atoms with Gasteiger partial charge in [-0.15, -0.1) is 0 Å². The molecule has 0 aliphatic carbocycles. The van der Waals surface area contributed by atoms with Gasteiger partial charge in [-0.25, -0.2) is 4.39 Å². The Labute approximate surface area is 179 Å². The van der Waals surface area contributed by atoms with E-state index >= 15 is 0 Å². The summed E-state index contributed by atoms with van der Waals surface area (Å²) in [5.74, 6) is -0.366. The first-order valence-electron chi connectivity index (χ1n) is 9.52. The van der Waals surface area contributed by atoms with E-state index in [0.29, 0.717) is 5.75 Å². The first kappa shape index (κ1) is 22.9. The molecule has 2 rings (SSSR count). The number of nitrogens with one attached hydrogen (secondary N) is 1. The lowest BCUT2D eigenvalue weighted by Gasteiger charge is -2.29. The molecule has 0 heterocycles. The second-order valence-corrected chi connectivity index (χ2v) is 7.80. The van der Waals surface area contributed by atoms with Crippen LogP contribution in [0.3, 0.4) is 0 Å². The van der Waals surface area contributed by atoms with E-state index in [0.717, 1.165) is 16.5 Å². The third kappa shape index (κ3) is 7.16. The molecule has 0 spiro atoms. The molecule has 0 bridgehead atoms. The van der Waals surface area contributed by atoms with Crippen molar-refractivity contribution >= 4 is 27.7 Å². The molecule has 2 atom stereocenters. The normalized spacial score (nSPS) is 12.7. The van der Waals surface area contributed by atoms with Gasteiger partial charge in [0.25, 0.3) is 5.91 Å². The summed E-state index contributed by atoms with van der Waals surface area (Å²) < 4.78 is 19.7. The third-order valence-electron chi connectivity index (χ3n) is 4.61. The van der Waals surface area contributed by atoms with Gasteiger partial charge in [-0.1, -0.05) is 35.0 Å². The van der Waals surface area contributed by atoms with Gasteiger partial charge in [-0.05, 0) is 62.2 Å². The average molecular weight is 465 g/mol. The van der Waals surface area contributed by atoms with Crippen molar-refractivity contribution in [3.63, 3.8) is 0 Å². The summed E-state index contributed by atoms with van der Waals surface area (Å²) in [6.45, 7) is 5.54. The third-order valence-corrected chi connectivity index (χ3v) is 5.14. The number of nitrogens with zero attached hydrogens (tertiary/aromatic N) is 1. The van der Waals surface area contributed by atoms with Crippen LogP contribution < -0.4 is 10.1 Å². The van der Waals surface area contributed by atoms with Gasteiger partial charge >= 0.3 is 0 Å². The molecule has 0 fully saturated rings. The van der Waals surface area contributed by atoms with Gasteiger partial charge in [0.2, 0.25) is 5.91 Å². The fourth-order valence-electron chi connectivity index (χ4n) is 2.59. The highest BCUT2D eigenvalue weighted by atomic mass is 79.9. The minimum absolute atomic E-state index is 0.00624. The van der Waals surface area contributed by atoms with Crippen molar-refractivity contribution < 1.29 is 18.7 Å². The number of carbonyl (C=O) groups is 2. The monoisotopic (exact) mass is 464 g/mol. The Morgan fingerprint density at radius 2 is 1.72 bits per heavy atom. The van der Waals surface area contributed by atoms with E-state index in [9.17, 15) is 14.0 Å². The highest BCUT2D eigenvalue weighted by Crippen LogP contribution is 2.17. The average Bonchev–Trinajstić information content (AvgIpc) is 2.72. The number of hydrogen-bond acceptors (Lipinski definition) is 3. The van der Waals surface area contributed by atoms with Gasteiger partial charge in [0.15, 0.2) is 6.61 Å². The summed E-state index contributed by atoms with van der Waals surface area (Å²) >= 11 is 3.35. The van der Waals surface area contributed by atoms with E-state index in [2.05, 4.69) is 21.2 Å². The van der Waals surface area contributed by atoms with Crippen LogP contribution in [0.1, 0.15) is 32.8 Å². The van der Waals surface area contributed by atoms with E-state index in [4.69, 9.17) is 4.74 Å². The lowest BCUT2D eigenvalue weighted by molar-refractivity contribution is -0.142. The van der Waals surface area contributed by atoms with Crippen LogP contribution in [0.25, 0.3) is 0 Å². The molecule has 2 aromatic rings. The van der Waals surface area contributed by atoms with E-state index in [1.807, 2.05) is 26.0 Å². The summed E-state index contributed by atoms with van der Waals surface area (Å²) in [5.41, 5.74) is 0.728. The minimum Gasteiger partial charge on any atom is -0.484 e. The number of hydrogen-bond donors (Lipinski definition) is 1. The maximum absolute atomic E-state index is 13.2. The second-order valence-electron chi connectivity index (χ2n) is 6.88. The molecular weight excluding hydrogens is 439 g/mol. The number of rotatable bonds is 9. The quantitative estimate of drug-likeness (QED) is 0.601. The lowest BCUT2D eigenvalue weighted by atomic mass is 10.1. The number of ether oxygens (including phenoxy) is 1. The molecule has 0 radical (unpaired) electrons. The lowest BCUT2D eigenvalue weighted by Crippen LogP contribution is -2.50. The maximum Gasteiger partial charge on any atom is 0.261 e. The Hall–Kier alpha value is -2.41. The molecule has 156 valence electrons. The van der Waals surface area contributed by atoms with Crippen LogP contribution in [0.2, 0.25) is 0 Å². The second kappa shape index (κ2) is 11.0. The molecule has 2 aromatic carbocycles. The molecule has 0 saturated heterocycles. The van der Waals surface area contributed by atoms with E-state index in [1.165, 1.54) is 17.0 Å². The Balaban J connectivity index is 2.13. The first-order chi connectivity index (χ1) is 13.8. The predicted molar refractivity (Wildman–Crippen MR) is 114 cm³/mol. The smallest absolute Gasteiger partial charge is 0.261 e. The van der Waals surface area contributed by atoms with Gasteiger partial charge in [-0.3, -0.25) is 9.59 Å². The molecule has 1 N–H and O–H groups in total. The zero-order chi connectivity index (χ0) is 21.4. The van der Waals surface area contributed by atoms with Crippen molar-refractivity contribution in [2.45, 2.75) is 45.8 Å². The first-order valence-corrected chi connectivity index (χ1v) is 10.3. The van der Waals surface area contributed by atoms with Gasteiger partial charge < -0.3 is 15.0 Å². The Bertz CT molecular complexity index is 812. The van der Waals surface area contributed by atoms with Crippen molar-refractivity contribution in [1.29, 1.82) is 0 Å². The summed E-state index contributed by atoms with van der Waals surface area (Å²) in [6.07, 6.45) is 0.789. The standard InChI is InChI=1S/C22H26BrFN2O3/c1-4-15(2)25-22(28)16(3)26(13-17-5-9-19(24)10-6-17)21(27)14-29-20-11-7-18(23)8-12-20/h5-12,15-16H,4,13-14H2,1-3H3,(H,25,28)/t15-,16+/m0/s1. The number of benzene rings is 2. The molecule has 0 saturated carbocycles. The molecule has 29 heavy (non-hydrogen) atoms. The van der Waals surface area contributed by atoms with Crippen molar-refractivity contribution in [2.24, 2.45) is 0 Å². The SMILES string of the molecule is CC[C@H](C)NC(=O)[C@@H](C)N(Cc1ccc(F)cc1)C(=O)COc1ccc(Br)cc1. The van der Waals surface area contributed by atoms with E-state index in [1.54, 1.807) is 31.2 Å². The molecule has 0 aromatic heterocycles. The van der Waals surface area contributed by atoms with Gasteiger partial charge in [0.1, 0.15) is 17.6 Å². The minimum atomic E-state index is -0.699. The fourth-order valence-corrected chi connectivity index (χ4v) is 2.86. The highest BCUT2D eigenvalue weighted by molar-refractivity contribution is 9.10. The van der Waals surface area contributed by atoms with E-state index in [-0.39, 0.29) is 36.8 Å². The summed E-state index contributed by atoms with van der Waals surface area (Å²) in [4.78, 5) is 26.9. The van der Waals surface area contributed by atoms with E-state index < -0.39 is 6.04 Å². The van der Waals surface area contributed by atoms with Crippen LogP contribution in [0.15, 0.2) is 53.0 Å². The molecule has 7 heteroatoms.